The topological polar surface area (TPSA) is 79.7 Å². The molecule has 4 rings (SSSR count). The number of aliphatic hydroxyl groups is 1. The Balaban J connectivity index is 1.97. The van der Waals surface area contributed by atoms with E-state index >= 15 is 0 Å². The number of pyridine rings is 1. The number of methoxy groups -OCH3 is 1. The van der Waals surface area contributed by atoms with Crippen LogP contribution in [0.1, 0.15) is 22.9 Å². The molecular weight excluding hydrogens is 399 g/mol. The van der Waals surface area contributed by atoms with Crippen LogP contribution in [0.3, 0.4) is 0 Å². The van der Waals surface area contributed by atoms with Gasteiger partial charge in [-0.2, -0.15) is 0 Å². The molecule has 1 fully saturated rings. The molecule has 6 nitrogen and oxygen atoms in total. The van der Waals surface area contributed by atoms with Crippen molar-refractivity contribution in [2.75, 3.05) is 12.0 Å². The zero-order valence-corrected chi connectivity index (χ0v) is 16.9. The van der Waals surface area contributed by atoms with Gasteiger partial charge < -0.3 is 9.84 Å². The molecular formula is C24H19FN2O4. The molecule has 1 N–H and O–H groups in total. The van der Waals surface area contributed by atoms with Crippen molar-refractivity contribution in [2.45, 2.75) is 13.0 Å². The fraction of sp³-hybridized carbons (Fsp3) is 0.125. The third-order valence-corrected chi connectivity index (χ3v) is 5.14. The van der Waals surface area contributed by atoms with E-state index < -0.39 is 29.3 Å². The number of benzene rings is 2. The maximum atomic E-state index is 13.9. The summed E-state index contributed by atoms with van der Waals surface area (Å²) in [5, 5.41) is 11.1. The number of anilines is 1. The van der Waals surface area contributed by atoms with Crippen molar-refractivity contribution in [2.24, 2.45) is 0 Å². The molecule has 31 heavy (non-hydrogen) atoms. The fourth-order valence-electron chi connectivity index (χ4n) is 3.63. The second kappa shape index (κ2) is 8.02. The van der Waals surface area contributed by atoms with Crippen molar-refractivity contribution in [3.63, 3.8) is 0 Å². The Hall–Kier alpha value is -4.00. The summed E-state index contributed by atoms with van der Waals surface area (Å²) in [6, 6.07) is 14.8. The van der Waals surface area contributed by atoms with Crippen LogP contribution >= 0.6 is 0 Å². The maximum absolute atomic E-state index is 13.9. The van der Waals surface area contributed by atoms with E-state index in [9.17, 15) is 19.1 Å². The summed E-state index contributed by atoms with van der Waals surface area (Å²) in [5.41, 5.74) is 1.64. The summed E-state index contributed by atoms with van der Waals surface area (Å²) in [5.74, 6) is -2.68. The number of carbonyl (C=O) groups excluding carboxylic acids is 2. The van der Waals surface area contributed by atoms with Gasteiger partial charge in [-0.05, 0) is 49.4 Å². The van der Waals surface area contributed by atoms with Crippen molar-refractivity contribution in [3.8, 4) is 5.75 Å². The molecule has 0 aliphatic carbocycles. The summed E-state index contributed by atoms with van der Waals surface area (Å²) in [6.07, 6.45) is 1.54. The molecule has 1 saturated heterocycles. The number of amides is 1. The monoisotopic (exact) mass is 418 g/mol. The SMILES string of the molecule is COc1ccc(F)cc1/C(O)=C1\C(=O)C(=O)N(c2ccc(C)cc2)C1c1ccccn1. The van der Waals surface area contributed by atoms with E-state index in [2.05, 4.69) is 4.98 Å². The average Bonchev–Trinajstić information content (AvgIpc) is 3.05. The van der Waals surface area contributed by atoms with Gasteiger partial charge >= 0.3 is 0 Å². The Morgan fingerprint density at radius 2 is 1.84 bits per heavy atom. The predicted molar refractivity (Wildman–Crippen MR) is 113 cm³/mol. The molecule has 3 aromatic rings. The van der Waals surface area contributed by atoms with Gasteiger partial charge in [0.05, 0.1) is 23.9 Å². The third-order valence-electron chi connectivity index (χ3n) is 5.14. The van der Waals surface area contributed by atoms with E-state index in [-0.39, 0.29) is 16.9 Å². The highest BCUT2D eigenvalue weighted by atomic mass is 19.1. The molecule has 156 valence electrons. The van der Waals surface area contributed by atoms with E-state index in [0.717, 1.165) is 11.6 Å². The largest absolute Gasteiger partial charge is 0.507 e. The van der Waals surface area contributed by atoms with Crippen molar-refractivity contribution in [3.05, 3.63) is 95.1 Å². The molecule has 0 saturated carbocycles. The van der Waals surface area contributed by atoms with Crippen molar-refractivity contribution < 1.29 is 23.8 Å². The van der Waals surface area contributed by atoms with Gasteiger partial charge in [0, 0.05) is 11.9 Å². The second-order valence-corrected chi connectivity index (χ2v) is 7.10. The first-order valence-electron chi connectivity index (χ1n) is 9.55. The smallest absolute Gasteiger partial charge is 0.300 e. The van der Waals surface area contributed by atoms with Gasteiger partial charge in [0.1, 0.15) is 23.4 Å². The first-order valence-corrected chi connectivity index (χ1v) is 9.55. The van der Waals surface area contributed by atoms with E-state index in [1.54, 1.807) is 30.3 Å². The van der Waals surface area contributed by atoms with Crippen molar-refractivity contribution in [1.82, 2.24) is 4.98 Å². The minimum atomic E-state index is -0.989. The van der Waals surface area contributed by atoms with Gasteiger partial charge in [-0.1, -0.05) is 23.8 Å². The number of aromatic nitrogens is 1. The van der Waals surface area contributed by atoms with Crippen LogP contribution in [0.25, 0.3) is 5.76 Å². The van der Waals surface area contributed by atoms with E-state index in [0.29, 0.717) is 11.4 Å². The highest BCUT2D eigenvalue weighted by Crippen LogP contribution is 2.42. The van der Waals surface area contributed by atoms with Gasteiger partial charge in [0.25, 0.3) is 11.7 Å². The molecule has 1 aromatic heterocycles. The Kier molecular flexibility index (Phi) is 5.25. The molecule has 2 heterocycles. The molecule has 0 spiro atoms. The van der Waals surface area contributed by atoms with E-state index in [4.69, 9.17) is 4.74 Å². The lowest BCUT2D eigenvalue weighted by atomic mass is 9.97. The normalized spacial score (nSPS) is 17.8. The predicted octanol–water partition coefficient (Wildman–Crippen LogP) is 4.16. The highest BCUT2D eigenvalue weighted by molar-refractivity contribution is 6.51. The van der Waals surface area contributed by atoms with Gasteiger partial charge in [0.15, 0.2) is 0 Å². The summed E-state index contributed by atoms with van der Waals surface area (Å²) < 4.78 is 19.2. The van der Waals surface area contributed by atoms with Crippen molar-refractivity contribution in [1.29, 1.82) is 0 Å². The highest BCUT2D eigenvalue weighted by Gasteiger charge is 2.47. The minimum Gasteiger partial charge on any atom is -0.507 e. The van der Waals surface area contributed by atoms with Crippen LogP contribution in [0.15, 0.2) is 72.4 Å². The Morgan fingerprint density at radius 1 is 1.10 bits per heavy atom. The van der Waals surface area contributed by atoms with Gasteiger partial charge in [-0.25, -0.2) is 4.39 Å². The van der Waals surface area contributed by atoms with Gasteiger partial charge in [-0.3, -0.25) is 19.5 Å². The molecule has 1 aliphatic heterocycles. The number of ether oxygens (including phenoxy) is 1. The molecule has 1 amide bonds. The van der Waals surface area contributed by atoms with E-state index in [1.165, 1.54) is 30.3 Å². The molecule has 0 radical (unpaired) electrons. The molecule has 2 aromatic carbocycles. The number of hydrogen-bond donors (Lipinski definition) is 1. The number of hydrogen-bond acceptors (Lipinski definition) is 5. The summed E-state index contributed by atoms with van der Waals surface area (Å²) in [6.45, 7) is 1.91. The lowest BCUT2D eigenvalue weighted by molar-refractivity contribution is -0.132. The number of halogens is 1. The van der Waals surface area contributed by atoms with Crippen LogP contribution in [-0.2, 0) is 9.59 Å². The molecule has 1 aliphatic rings. The Labute approximate surface area is 178 Å². The van der Waals surface area contributed by atoms with Crippen LogP contribution in [0.5, 0.6) is 5.75 Å². The zero-order chi connectivity index (χ0) is 22.1. The summed E-state index contributed by atoms with van der Waals surface area (Å²) in [7, 11) is 1.37. The number of nitrogens with zero attached hydrogens (tertiary/aromatic N) is 2. The number of ketones is 1. The zero-order valence-electron chi connectivity index (χ0n) is 16.9. The van der Waals surface area contributed by atoms with Crippen LogP contribution in [-0.4, -0.2) is 28.9 Å². The number of aryl methyl sites for hydroxylation is 1. The Morgan fingerprint density at radius 3 is 2.48 bits per heavy atom. The fourth-order valence-corrected chi connectivity index (χ4v) is 3.63. The Bertz CT molecular complexity index is 1190. The standard InChI is InChI=1S/C24H19FN2O4/c1-14-6-9-16(10-7-14)27-21(18-5-3-4-12-26-18)20(23(29)24(27)30)22(28)17-13-15(25)8-11-19(17)31-2/h3-13,21,28H,1-2H3/b22-20+. The molecule has 1 unspecified atom stereocenters. The lowest BCUT2D eigenvalue weighted by Gasteiger charge is -2.24. The van der Waals surface area contributed by atoms with Gasteiger partial charge in [0.2, 0.25) is 0 Å². The number of Topliss-reactive ketones (excluding diaryl/α,β-unsaturated/α-hetero) is 1. The third kappa shape index (κ3) is 3.54. The quantitative estimate of drug-likeness (QED) is 0.391. The van der Waals surface area contributed by atoms with Crippen molar-refractivity contribution >= 4 is 23.1 Å². The minimum absolute atomic E-state index is 0.0228. The van der Waals surface area contributed by atoms with Crippen LogP contribution in [0.4, 0.5) is 10.1 Å². The lowest BCUT2D eigenvalue weighted by Crippen LogP contribution is -2.29. The number of carbonyl (C=O) groups is 2. The first kappa shape index (κ1) is 20.3. The number of aliphatic hydroxyl groups excluding tert-OH is 1. The maximum Gasteiger partial charge on any atom is 0.300 e. The first-order chi connectivity index (χ1) is 14.9. The average molecular weight is 418 g/mol. The van der Waals surface area contributed by atoms with Crippen LogP contribution in [0, 0.1) is 12.7 Å². The molecule has 0 bridgehead atoms. The van der Waals surface area contributed by atoms with Crippen LogP contribution in [0.2, 0.25) is 0 Å². The second-order valence-electron chi connectivity index (χ2n) is 7.10. The van der Waals surface area contributed by atoms with Crippen LogP contribution < -0.4 is 9.64 Å². The summed E-state index contributed by atoms with van der Waals surface area (Å²) >= 11 is 0. The van der Waals surface area contributed by atoms with Gasteiger partial charge in [-0.15, -0.1) is 0 Å². The molecule has 1 atom stereocenters. The van der Waals surface area contributed by atoms with E-state index in [1.807, 2.05) is 19.1 Å². The molecule has 7 heteroatoms. The number of rotatable bonds is 4. The summed E-state index contributed by atoms with van der Waals surface area (Å²) in [4.78, 5) is 31.7.